The fourth-order valence-corrected chi connectivity index (χ4v) is 2.90. The van der Waals surface area contributed by atoms with Gasteiger partial charge in [-0.25, -0.2) is 4.79 Å². The Kier molecular flexibility index (Phi) is 8.11. The van der Waals surface area contributed by atoms with Crippen molar-refractivity contribution in [3.63, 3.8) is 0 Å². The van der Waals surface area contributed by atoms with E-state index in [2.05, 4.69) is 20.9 Å². The van der Waals surface area contributed by atoms with Gasteiger partial charge in [-0.2, -0.15) is 0 Å². The van der Waals surface area contributed by atoms with E-state index >= 15 is 0 Å². The average Bonchev–Trinajstić information content (AvgIpc) is 3.14. The summed E-state index contributed by atoms with van der Waals surface area (Å²) in [6.07, 6.45) is 2.05. The van der Waals surface area contributed by atoms with Gasteiger partial charge in [0.25, 0.3) is 0 Å². The minimum Gasteiger partial charge on any atom is -0.480 e. The fourth-order valence-electron chi connectivity index (χ4n) is 2.90. The van der Waals surface area contributed by atoms with E-state index in [0.717, 1.165) is 16.5 Å². The van der Waals surface area contributed by atoms with Gasteiger partial charge in [0.2, 0.25) is 17.7 Å². The number of fused-ring (bicyclic) bond motifs is 1. The number of carbonyl (C=O) groups is 4. The lowest BCUT2D eigenvalue weighted by atomic mass is 10.0. The molecule has 0 saturated heterocycles. The second-order valence-corrected chi connectivity index (χ2v) is 7.21. The molecule has 11 heteroatoms. The molecule has 8 N–H and O–H groups in total. The molecule has 168 valence electrons. The standard InChI is InChI=1S/C20H27N5O6/c1-10(17(27)23-11(2)18(28)25-16(9-26)20(30)31)24-19(29)14(21)7-12-8-22-15-6-4-3-5-13(12)15/h3-6,8,10-11,14,16,22,26H,7,9,21H2,1-2H3,(H,23,27)(H,24,29)(H,25,28)(H,30,31). The number of nitrogens with two attached hydrogens (primary N) is 1. The molecule has 11 nitrogen and oxygen atoms in total. The number of carboxylic acids is 1. The van der Waals surface area contributed by atoms with Crippen LogP contribution in [0.5, 0.6) is 0 Å². The van der Waals surface area contributed by atoms with Crippen molar-refractivity contribution >= 4 is 34.6 Å². The molecule has 3 amide bonds. The van der Waals surface area contributed by atoms with Crippen LogP contribution in [-0.4, -0.2) is 69.7 Å². The van der Waals surface area contributed by atoms with Gasteiger partial charge in [0.15, 0.2) is 0 Å². The van der Waals surface area contributed by atoms with Gasteiger partial charge in [0.05, 0.1) is 12.6 Å². The first-order valence-electron chi connectivity index (χ1n) is 9.69. The lowest BCUT2D eigenvalue weighted by molar-refractivity contribution is -0.143. The zero-order valence-electron chi connectivity index (χ0n) is 17.2. The Morgan fingerprint density at radius 2 is 1.58 bits per heavy atom. The van der Waals surface area contributed by atoms with E-state index < -0.39 is 54.5 Å². The summed E-state index contributed by atoms with van der Waals surface area (Å²) in [7, 11) is 0. The predicted molar refractivity (Wildman–Crippen MR) is 112 cm³/mol. The number of aromatic amines is 1. The number of aliphatic hydroxyl groups excluding tert-OH is 1. The number of rotatable bonds is 10. The number of hydrogen-bond acceptors (Lipinski definition) is 6. The third kappa shape index (κ3) is 6.27. The van der Waals surface area contributed by atoms with Crippen molar-refractivity contribution in [3.8, 4) is 0 Å². The number of nitrogens with one attached hydrogen (secondary N) is 4. The molecule has 0 fully saturated rings. The van der Waals surface area contributed by atoms with E-state index in [9.17, 15) is 19.2 Å². The topological polar surface area (TPSA) is 187 Å². The Hall–Kier alpha value is -3.44. The maximum Gasteiger partial charge on any atom is 0.328 e. The van der Waals surface area contributed by atoms with E-state index in [-0.39, 0.29) is 6.42 Å². The van der Waals surface area contributed by atoms with E-state index in [1.165, 1.54) is 13.8 Å². The maximum atomic E-state index is 12.4. The second-order valence-electron chi connectivity index (χ2n) is 7.21. The number of benzene rings is 1. The Morgan fingerprint density at radius 1 is 1.00 bits per heavy atom. The van der Waals surface area contributed by atoms with Gasteiger partial charge in [0.1, 0.15) is 18.1 Å². The summed E-state index contributed by atoms with van der Waals surface area (Å²) >= 11 is 0. The minimum absolute atomic E-state index is 0.265. The van der Waals surface area contributed by atoms with Crippen LogP contribution in [0.4, 0.5) is 0 Å². The third-order valence-electron chi connectivity index (χ3n) is 4.75. The highest BCUT2D eigenvalue weighted by molar-refractivity contribution is 5.94. The van der Waals surface area contributed by atoms with Crippen molar-refractivity contribution in [1.82, 2.24) is 20.9 Å². The largest absolute Gasteiger partial charge is 0.480 e. The van der Waals surface area contributed by atoms with Crippen molar-refractivity contribution in [1.29, 1.82) is 0 Å². The zero-order chi connectivity index (χ0) is 23.1. The number of aliphatic carboxylic acids is 1. The molecular formula is C20H27N5O6. The molecule has 2 aromatic rings. The third-order valence-corrected chi connectivity index (χ3v) is 4.75. The molecule has 0 aliphatic carbocycles. The van der Waals surface area contributed by atoms with Gasteiger partial charge in [-0.1, -0.05) is 18.2 Å². The van der Waals surface area contributed by atoms with E-state index in [1.807, 2.05) is 24.3 Å². The van der Waals surface area contributed by atoms with Crippen molar-refractivity contribution in [2.45, 2.75) is 44.4 Å². The first-order valence-corrected chi connectivity index (χ1v) is 9.69. The normalized spacial score (nSPS) is 14.8. The Morgan fingerprint density at radius 3 is 2.19 bits per heavy atom. The summed E-state index contributed by atoms with van der Waals surface area (Å²) in [5, 5.41) is 25.7. The number of aliphatic hydroxyl groups is 1. The minimum atomic E-state index is -1.48. The quantitative estimate of drug-likeness (QED) is 0.240. The van der Waals surface area contributed by atoms with Crippen LogP contribution in [0.1, 0.15) is 19.4 Å². The van der Waals surface area contributed by atoms with Gasteiger partial charge in [-0.3, -0.25) is 14.4 Å². The van der Waals surface area contributed by atoms with Gasteiger partial charge in [0, 0.05) is 17.1 Å². The van der Waals surface area contributed by atoms with Gasteiger partial charge in [-0.05, 0) is 31.9 Å². The van der Waals surface area contributed by atoms with E-state index in [0.29, 0.717) is 0 Å². The van der Waals surface area contributed by atoms with Gasteiger partial charge >= 0.3 is 5.97 Å². The lowest BCUT2D eigenvalue weighted by Crippen LogP contribution is -2.56. The number of para-hydroxylation sites is 1. The van der Waals surface area contributed by atoms with Crippen molar-refractivity contribution in [2.24, 2.45) is 5.73 Å². The number of carboxylic acid groups (broad SMARTS) is 1. The molecule has 0 aliphatic heterocycles. The molecule has 1 heterocycles. The number of H-pyrrole nitrogens is 1. The zero-order valence-corrected chi connectivity index (χ0v) is 17.2. The number of carbonyl (C=O) groups excluding carboxylic acids is 3. The number of amides is 3. The molecule has 2 rings (SSSR count). The first-order chi connectivity index (χ1) is 14.6. The van der Waals surface area contributed by atoms with Gasteiger partial charge < -0.3 is 36.9 Å². The Bertz CT molecular complexity index is 958. The summed E-state index contributed by atoms with van der Waals surface area (Å²) in [6.45, 7) is 1.99. The summed E-state index contributed by atoms with van der Waals surface area (Å²) in [6, 6.07) is 3.16. The van der Waals surface area contributed by atoms with Crippen molar-refractivity contribution in [2.75, 3.05) is 6.61 Å². The smallest absolute Gasteiger partial charge is 0.328 e. The number of aromatic nitrogens is 1. The summed E-state index contributed by atoms with van der Waals surface area (Å²) in [5.74, 6) is -3.37. The van der Waals surface area contributed by atoms with E-state index in [4.69, 9.17) is 15.9 Å². The molecule has 0 spiro atoms. The molecular weight excluding hydrogens is 406 g/mol. The van der Waals surface area contributed by atoms with Crippen molar-refractivity contribution < 1.29 is 29.4 Å². The molecule has 0 radical (unpaired) electrons. The van der Waals surface area contributed by atoms with E-state index in [1.54, 1.807) is 6.20 Å². The maximum absolute atomic E-state index is 12.4. The van der Waals surface area contributed by atoms with Crippen LogP contribution >= 0.6 is 0 Å². The molecule has 0 saturated carbocycles. The van der Waals surface area contributed by atoms with Crippen LogP contribution < -0.4 is 21.7 Å². The van der Waals surface area contributed by atoms with Crippen LogP contribution in [0.25, 0.3) is 10.9 Å². The molecule has 0 aliphatic rings. The monoisotopic (exact) mass is 433 g/mol. The lowest BCUT2D eigenvalue weighted by Gasteiger charge is -2.21. The highest BCUT2D eigenvalue weighted by atomic mass is 16.4. The highest BCUT2D eigenvalue weighted by Gasteiger charge is 2.26. The van der Waals surface area contributed by atoms with Crippen LogP contribution in [-0.2, 0) is 25.6 Å². The van der Waals surface area contributed by atoms with Crippen LogP contribution in [0, 0.1) is 0 Å². The predicted octanol–water partition coefficient (Wildman–Crippen LogP) is -1.39. The molecule has 1 aromatic heterocycles. The summed E-state index contributed by atoms with van der Waals surface area (Å²) in [4.78, 5) is 50.6. The van der Waals surface area contributed by atoms with Crippen LogP contribution in [0.2, 0.25) is 0 Å². The SMILES string of the molecule is CC(NC(=O)C(N)Cc1c[nH]c2ccccc12)C(=O)NC(C)C(=O)NC(CO)C(=O)O. The second kappa shape index (κ2) is 10.5. The van der Waals surface area contributed by atoms with Crippen molar-refractivity contribution in [3.05, 3.63) is 36.0 Å². The Balaban J connectivity index is 1.87. The van der Waals surface area contributed by atoms with Crippen LogP contribution in [0.3, 0.4) is 0 Å². The highest BCUT2D eigenvalue weighted by Crippen LogP contribution is 2.18. The fraction of sp³-hybridized carbons (Fsp3) is 0.400. The first kappa shape index (κ1) is 23.8. The molecule has 1 aromatic carbocycles. The molecule has 0 bridgehead atoms. The summed E-state index contributed by atoms with van der Waals surface area (Å²) < 4.78 is 0. The Labute approximate surface area is 178 Å². The molecule has 31 heavy (non-hydrogen) atoms. The molecule has 4 unspecified atom stereocenters. The molecule has 4 atom stereocenters. The summed E-state index contributed by atoms with van der Waals surface area (Å²) in [5.41, 5.74) is 7.79. The average molecular weight is 433 g/mol. The number of hydrogen-bond donors (Lipinski definition) is 7. The van der Waals surface area contributed by atoms with Gasteiger partial charge in [-0.15, -0.1) is 0 Å². The van der Waals surface area contributed by atoms with Crippen LogP contribution in [0.15, 0.2) is 30.5 Å².